The largest absolute Gasteiger partial charge is 0.489 e. The first-order valence-corrected chi connectivity index (χ1v) is 10.9. The van der Waals surface area contributed by atoms with Crippen molar-refractivity contribution < 1.29 is 40.6 Å². The summed E-state index contributed by atoms with van der Waals surface area (Å²) < 4.78 is 88.5. The number of benzene rings is 1. The average molecular weight is 505 g/mol. The molecular formula is C23H25F6N3O3. The predicted molar refractivity (Wildman–Crippen MR) is 115 cm³/mol. The quantitative estimate of drug-likeness (QED) is 0.407. The van der Waals surface area contributed by atoms with Crippen molar-refractivity contribution in [2.24, 2.45) is 0 Å². The third-order valence-electron chi connectivity index (χ3n) is 5.47. The van der Waals surface area contributed by atoms with Crippen LogP contribution in [0, 0.1) is 5.82 Å². The van der Waals surface area contributed by atoms with Gasteiger partial charge in [-0.1, -0.05) is 19.1 Å². The molecule has 0 amide bonds. The van der Waals surface area contributed by atoms with Gasteiger partial charge in [0.2, 0.25) is 5.82 Å². The third kappa shape index (κ3) is 7.72. The van der Waals surface area contributed by atoms with E-state index in [1.807, 2.05) is 0 Å². The molecule has 0 aliphatic carbocycles. The van der Waals surface area contributed by atoms with Gasteiger partial charge in [-0.15, -0.1) is 0 Å². The molecule has 1 unspecified atom stereocenters. The van der Waals surface area contributed by atoms with Crippen molar-refractivity contribution in [3.8, 4) is 11.6 Å². The molecule has 0 N–H and O–H groups in total. The number of nitrogens with zero attached hydrogens (tertiary/aromatic N) is 3. The topological polar surface area (TPSA) is 64.5 Å². The standard InChI is InChI=1S/C23H25F6N3O3/c1-14(18(33)7-9-23(27,28)29)15-3-5-16(6-4-15)35-17-8-10-32(11-17)20-19(24)21(31-13-30-20)34-12-22(2,25)26/h3-6,13-14,17H,7-12H2,1-2H3/t14?,17-/m1/s1. The van der Waals surface area contributed by atoms with Crippen LogP contribution < -0.4 is 14.4 Å². The Balaban J connectivity index is 1.56. The molecule has 0 radical (unpaired) electrons. The summed E-state index contributed by atoms with van der Waals surface area (Å²) in [6.45, 7) is 1.85. The molecule has 35 heavy (non-hydrogen) atoms. The molecule has 0 bridgehead atoms. The van der Waals surface area contributed by atoms with Crippen LogP contribution in [0.4, 0.5) is 32.2 Å². The van der Waals surface area contributed by atoms with Crippen LogP contribution in [0.15, 0.2) is 30.6 Å². The molecular weight excluding hydrogens is 480 g/mol. The molecule has 2 aromatic rings. The second-order valence-corrected chi connectivity index (χ2v) is 8.52. The zero-order valence-corrected chi connectivity index (χ0v) is 19.1. The number of hydrogen-bond acceptors (Lipinski definition) is 6. The summed E-state index contributed by atoms with van der Waals surface area (Å²) in [6, 6.07) is 6.48. The molecule has 1 aliphatic heterocycles. The van der Waals surface area contributed by atoms with Gasteiger partial charge in [-0.05, 0) is 17.7 Å². The van der Waals surface area contributed by atoms with E-state index in [0.717, 1.165) is 6.33 Å². The predicted octanol–water partition coefficient (Wildman–Crippen LogP) is 5.32. The second kappa shape index (κ2) is 10.7. The van der Waals surface area contributed by atoms with E-state index >= 15 is 0 Å². The van der Waals surface area contributed by atoms with Crippen molar-refractivity contribution in [3.05, 3.63) is 42.0 Å². The first-order valence-electron chi connectivity index (χ1n) is 10.9. The van der Waals surface area contributed by atoms with Crippen LogP contribution in [0.5, 0.6) is 11.6 Å². The van der Waals surface area contributed by atoms with Crippen LogP contribution in [0.3, 0.4) is 0 Å². The molecule has 1 aromatic carbocycles. The zero-order chi connectivity index (χ0) is 25.8. The molecule has 12 heteroatoms. The lowest BCUT2D eigenvalue weighted by Gasteiger charge is -2.20. The highest BCUT2D eigenvalue weighted by Gasteiger charge is 2.31. The number of carbonyl (C=O) groups excluding carboxylic acids is 1. The van der Waals surface area contributed by atoms with Crippen LogP contribution >= 0.6 is 0 Å². The SMILES string of the molecule is CC(C(=O)CCC(F)(F)F)c1ccc(O[C@@H]2CCN(c3ncnc(OCC(C)(F)F)c3F)C2)cc1. The number of halogens is 6. The number of hydrogen-bond donors (Lipinski definition) is 0. The Morgan fingerprint density at radius 3 is 2.49 bits per heavy atom. The lowest BCUT2D eigenvalue weighted by molar-refractivity contribution is -0.143. The third-order valence-corrected chi connectivity index (χ3v) is 5.47. The van der Waals surface area contributed by atoms with Gasteiger partial charge in [0.05, 0.1) is 13.0 Å². The van der Waals surface area contributed by atoms with Gasteiger partial charge in [-0.3, -0.25) is 4.79 Å². The Labute approximate surface area is 198 Å². The molecule has 6 nitrogen and oxygen atoms in total. The summed E-state index contributed by atoms with van der Waals surface area (Å²) in [5.74, 6) is -5.43. The highest BCUT2D eigenvalue weighted by atomic mass is 19.4. The lowest BCUT2D eigenvalue weighted by atomic mass is 9.94. The summed E-state index contributed by atoms with van der Waals surface area (Å²) in [7, 11) is 0. The van der Waals surface area contributed by atoms with Gasteiger partial charge >= 0.3 is 6.18 Å². The van der Waals surface area contributed by atoms with E-state index in [2.05, 4.69) is 9.97 Å². The molecule has 1 fully saturated rings. The monoisotopic (exact) mass is 505 g/mol. The number of ketones is 1. The second-order valence-electron chi connectivity index (χ2n) is 8.52. The van der Waals surface area contributed by atoms with Crippen LogP contribution in [0.25, 0.3) is 0 Å². The summed E-state index contributed by atoms with van der Waals surface area (Å²) in [5, 5.41) is 0. The number of anilines is 1. The van der Waals surface area contributed by atoms with Gasteiger partial charge in [0.25, 0.3) is 11.8 Å². The van der Waals surface area contributed by atoms with E-state index in [0.29, 0.717) is 31.2 Å². The molecule has 1 aromatic heterocycles. The van der Waals surface area contributed by atoms with Gasteiger partial charge < -0.3 is 14.4 Å². The lowest BCUT2D eigenvalue weighted by Crippen LogP contribution is -2.27. The summed E-state index contributed by atoms with van der Waals surface area (Å²) >= 11 is 0. The Kier molecular flexibility index (Phi) is 8.11. The van der Waals surface area contributed by atoms with E-state index in [9.17, 15) is 31.1 Å². The summed E-state index contributed by atoms with van der Waals surface area (Å²) in [4.78, 5) is 21.1. The van der Waals surface area contributed by atoms with Gasteiger partial charge in [-0.25, -0.2) is 13.8 Å². The van der Waals surface area contributed by atoms with Gasteiger partial charge in [0.15, 0.2) is 12.4 Å². The number of rotatable bonds is 10. The zero-order valence-electron chi connectivity index (χ0n) is 19.1. The fourth-order valence-corrected chi connectivity index (χ4v) is 3.57. The molecule has 3 rings (SSSR count). The van der Waals surface area contributed by atoms with Crippen molar-refractivity contribution in [1.29, 1.82) is 0 Å². The van der Waals surface area contributed by atoms with Crippen molar-refractivity contribution in [3.63, 3.8) is 0 Å². The molecule has 0 saturated carbocycles. The number of alkyl halides is 5. The molecule has 1 aliphatic rings. The van der Waals surface area contributed by atoms with Crippen molar-refractivity contribution in [1.82, 2.24) is 9.97 Å². The first kappa shape index (κ1) is 26.6. The van der Waals surface area contributed by atoms with Crippen molar-refractivity contribution >= 4 is 11.6 Å². The van der Waals surface area contributed by atoms with Gasteiger partial charge in [-0.2, -0.15) is 22.5 Å². The highest BCUT2D eigenvalue weighted by molar-refractivity contribution is 5.85. The Morgan fingerprint density at radius 1 is 1.17 bits per heavy atom. The van der Waals surface area contributed by atoms with Crippen molar-refractivity contribution in [2.75, 3.05) is 24.6 Å². The van der Waals surface area contributed by atoms with Crippen molar-refractivity contribution in [2.45, 2.75) is 57.2 Å². The van der Waals surface area contributed by atoms with E-state index < -0.39 is 54.9 Å². The van der Waals surface area contributed by atoms with E-state index in [1.54, 1.807) is 36.1 Å². The van der Waals surface area contributed by atoms with E-state index in [4.69, 9.17) is 9.47 Å². The molecule has 0 spiro atoms. The Bertz CT molecular complexity index is 1010. The maximum Gasteiger partial charge on any atom is 0.389 e. The maximum absolute atomic E-state index is 14.7. The number of Topliss-reactive ketones (excluding diaryl/α,β-unsaturated/α-hetero) is 1. The minimum absolute atomic E-state index is 0.0814. The molecule has 192 valence electrons. The Morgan fingerprint density at radius 2 is 1.86 bits per heavy atom. The fourth-order valence-electron chi connectivity index (χ4n) is 3.57. The van der Waals surface area contributed by atoms with Crippen LogP contribution in [-0.4, -0.2) is 53.7 Å². The maximum atomic E-state index is 14.7. The first-order chi connectivity index (χ1) is 16.3. The van der Waals surface area contributed by atoms with E-state index in [-0.39, 0.29) is 18.5 Å². The minimum Gasteiger partial charge on any atom is -0.489 e. The number of carbonyl (C=O) groups is 1. The van der Waals surface area contributed by atoms with Crippen LogP contribution in [0.2, 0.25) is 0 Å². The molecule has 2 heterocycles. The number of aromatic nitrogens is 2. The van der Waals surface area contributed by atoms with Crippen LogP contribution in [0.1, 0.15) is 44.6 Å². The fraction of sp³-hybridized carbons (Fsp3) is 0.522. The molecule has 2 atom stereocenters. The average Bonchev–Trinajstić information content (AvgIpc) is 3.24. The normalized spacial score (nSPS) is 17.4. The van der Waals surface area contributed by atoms with Gasteiger partial charge in [0, 0.05) is 32.2 Å². The molecule has 1 saturated heterocycles. The summed E-state index contributed by atoms with van der Waals surface area (Å²) in [6.07, 6.45) is -4.87. The van der Waals surface area contributed by atoms with Crippen LogP contribution in [-0.2, 0) is 4.79 Å². The number of ether oxygens (including phenoxy) is 2. The highest BCUT2D eigenvalue weighted by Crippen LogP contribution is 2.30. The smallest absolute Gasteiger partial charge is 0.389 e. The summed E-state index contributed by atoms with van der Waals surface area (Å²) in [5.41, 5.74) is 0.575. The Hall–Kier alpha value is -3.05. The van der Waals surface area contributed by atoms with E-state index in [1.165, 1.54) is 0 Å². The minimum atomic E-state index is -4.38. The van der Waals surface area contributed by atoms with Gasteiger partial charge in [0.1, 0.15) is 24.0 Å².